The van der Waals surface area contributed by atoms with Gasteiger partial charge in [0, 0.05) is 19.1 Å². The average molecular weight is 222 g/mol. The number of hydrogen-bond acceptors (Lipinski definition) is 3. The van der Waals surface area contributed by atoms with E-state index in [1.807, 2.05) is 11.8 Å². The van der Waals surface area contributed by atoms with Crippen molar-refractivity contribution in [2.45, 2.75) is 32.4 Å². The molecular formula is C9H20ClN3O. The lowest BCUT2D eigenvalue weighted by molar-refractivity contribution is -0.131. The summed E-state index contributed by atoms with van der Waals surface area (Å²) in [7, 11) is 0. The molecule has 0 radical (unpaired) electrons. The summed E-state index contributed by atoms with van der Waals surface area (Å²) in [5.41, 5.74) is 11.3. The van der Waals surface area contributed by atoms with Crippen LogP contribution in [-0.2, 0) is 4.79 Å². The number of carbonyl (C=O) groups excluding carboxylic acids is 1. The first-order valence-corrected chi connectivity index (χ1v) is 4.82. The molecule has 0 aliphatic carbocycles. The van der Waals surface area contributed by atoms with Gasteiger partial charge in [-0.2, -0.15) is 0 Å². The van der Waals surface area contributed by atoms with Gasteiger partial charge in [0.1, 0.15) is 0 Å². The number of hydrogen-bond donors (Lipinski definition) is 2. The van der Waals surface area contributed by atoms with Gasteiger partial charge in [-0.3, -0.25) is 4.79 Å². The lowest BCUT2D eigenvalue weighted by Crippen LogP contribution is -2.41. The Bertz CT molecular complexity index is 196. The SMILES string of the molecule is CC(N)C1CCN(C(=O)[C@H](C)N)C1.Cl. The Hall–Kier alpha value is -0.320. The minimum Gasteiger partial charge on any atom is -0.341 e. The van der Waals surface area contributed by atoms with Gasteiger partial charge in [0.25, 0.3) is 0 Å². The zero-order valence-electron chi connectivity index (χ0n) is 8.77. The Morgan fingerprint density at radius 2 is 2.00 bits per heavy atom. The van der Waals surface area contributed by atoms with Gasteiger partial charge >= 0.3 is 0 Å². The van der Waals surface area contributed by atoms with Gasteiger partial charge < -0.3 is 16.4 Å². The van der Waals surface area contributed by atoms with Crippen LogP contribution in [0.25, 0.3) is 0 Å². The van der Waals surface area contributed by atoms with E-state index in [0.717, 1.165) is 19.5 Å². The van der Waals surface area contributed by atoms with E-state index in [1.165, 1.54) is 0 Å². The van der Waals surface area contributed by atoms with E-state index < -0.39 is 0 Å². The molecule has 2 unspecified atom stereocenters. The van der Waals surface area contributed by atoms with E-state index in [1.54, 1.807) is 6.92 Å². The Labute approximate surface area is 91.4 Å². The molecule has 14 heavy (non-hydrogen) atoms. The predicted octanol–water partition coefficient (Wildman–Crippen LogP) is -0.0489. The molecule has 84 valence electrons. The van der Waals surface area contributed by atoms with Crippen molar-refractivity contribution in [3.05, 3.63) is 0 Å². The highest BCUT2D eigenvalue weighted by molar-refractivity contribution is 5.85. The fraction of sp³-hybridized carbons (Fsp3) is 0.889. The number of rotatable bonds is 2. The molecule has 4 nitrogen and oxygen atoms in total. The maximum Gasteiger partial charge on any atom is 0.239 e. The van der Waals surface area contributed by atoms with Crippen molar-refractivity contribution in [1.82, 2.24) is 4.90 Å². The van der Waals surface area contributed by atoms with E-state index in [9.17, 15) is 4.79 Å². The Morgan fingerprint density at radius 1 is 1.43 bits per heavy atom. The van der Waals surface area contributed by atoms with Crippen LogP contribution < -0.4 is 11.5 Å². The molecular weight excluding hydrogens is 202 g/mol. The van der Waals surface area contributed by atoms with Crippen LogP contribution in [0.15, 0.2) is 0 Å². The zero-order valence-corrected chi connectivity index (χ0v) is 9.59. The molecule has 3 atom stereocenters. The molecule has 0 aromatic rings. The van der Waals surface area contributed by atoms with Crippen molar-refractivity contribution >= 4 is 18.3 Å². The van der Waals surface area contributed by atoms with Crippen molar-refractivity contribution in [2.24, 2.45) is 17.4 Å². The number of amides is 1. The Morgan fingerprint density at radius 3 is 2.36 bits per heavy atom. The highest BCUT2D eigenvalue weighted by Gasteiger charge is 2.29. The van der Waals surface area contributed by atoms with E-state index >= 15 is 0 Å². The normalized spacial score (nSPS) is 25.4. The van der Waals surface area contributed by atoms with Crippen molar-refractivity contribution in [1.29, 1.82) is 0 Å². The van der Waals surface area contributed by atoms with Crippen LogP contribution in [-0.4, -0.2) is 36.0 Å². The van der Waals surface area contributed by atoms with Gasteiger partial charge in [-0.05, 0) is 26.2 Å². The molecule has 0 bridgehead atoms. The molecule has 1 fully saturated rings. The molecule has 1 amide bonds. The third kappa shape index (κ3) is 3.12. The van der Waals surface area contributed by atoms with Crippen molar-refractivity contribution < 1.29 is 4.79 Å². The lowest BCUT2D eigenvalue weighted by atomic mass is 10.0. The molecule has 0 spiro atoms. The van der Waals surface area contributed by atoms with E-state index in [2.05, 4.69) is 0 Å². The molecule has 4 N–H and O–H groups in total. The largest absolute Gasteiger partial charge is 0.341 e. The highest BCUT2D eigenvalue weighted by Crippen LogP contribution is 2.18. The van der Waals surface area contributed by atoms with E-state index in [4.69, 9.17) is 11.5 Å². The number of halogens is 1. The van der Waals surface area contributed by atoms with Gasteiger partial charge in [0.2, 0.25) is 5.91 Å². The second kappa shape index (κ2) is 5.53. The summed E-state index contributed by atoms with van der Waals surface area (Å²) >= 11 is 0. The first kappa shape index (κ1) is 13.7. The maximum atomic E-state index is 11.5. The Kier molecular flexibility index (Phi) is 5.41. The molecule has 1 saturated heterocycles. The standard InChI is InChI=1S/C9H19N3O.ClH/c1-6(10)8-3-4-12(5-8)9(13)7(2)11;/h6-8H,3-5,10-11H2,1-2H3;1H/t6?,7-,8?;/m0./s1. The monoisotopic (exact) mass is 221 g/mol. The minimum absolute atomic E-state index is 0. The van der Waals surface area contributed by atoms with E-state index in [-0.39, 0.29) is 30.4 Å². The second-order valence-electron chi connectivity index (χ2n) is 3.98. The van der Waals surface area contributed by atoms with Crippen LogP contribution in [0.3, 0.4) is 0 Å². The maximum absolute atomic E-state index is 11.5. The molecule has 0 aromatic heterocycles. The summed E-state index contributed by atoms with van der Waals surface area (Å²) in [6.45, 7) is 5.30. The van der Waals surface area contributed by atoms with Gasteiger partial charge in [0.05, 0.1) is 6.04 Å². The van der Waals surface area contributed by atoms with Crippen LogP contribution in [0.2, 0.25) is 0 Å². The summed E-state index contributed by atoms with van der Waals surface area (Å²) in [5, 5.41) is 0. The number of carbonyl (C=O) groups is 1. The average Bonchev–Trinajstić information content (AvgIpc) is 2.50. The molecule has 1 heterocycles. The number of nitrogens with two attached hydrogens (primary N) is 2. The second-order valence-corrected chi connectivity index (χ2v) is 3.98. The summed E-state index contributed by atoms with van der Waals surface area (Å²) in [6.07, 6.45) is 1.01. The molecule has 0 saturated carbocycles. The fourth-order valence-corrected chi connectivity index (χ4v) is 1.70. The third-order valence-electron chi connectivity index (χ3n) is 2.67. The number of likely N-dealkylation sites (tertiary alicyclic amines) is 1. The summed E-state index contributed by atoms with van der Waals surface area (Å²) in [4.78, 5) is 13.3. The smallest absolute Gasteiger partial charge is 0.239 e. The summed E-state index contributed by atoms with van der Waals surface area (Å²) < 4.78 is 0. The predicted molar refractivity (Wildman–Crippen MR) is 59.2 cm³/mol. The van der Waals surface area contributed by atoms with E-state index in [0.29, 0.717) is 5.92 Å². The summed E-state index contributed by atoms with van der Waals surface area (Å²) in [5.74, 6) is 0.492. The fourth-order valence-electron chi connectivity index (χ4n) is 1.70. The van der Waals surface area contributed by atoms with Gasteiger partial charge in [0.15, 0.2) is 0 Å². The van der Waals surface area contributed by atoms with Crippen molar-refractivity contribution in [3.63, 3.8) is 0 Å². The van der Waals surface area contributed by atoms with Crippen molar-refractivity contribution in [3.8, 4) is 0 Å². The zero-order chi connectivity index (χ0) is 10.0. The highest BCUT2D eigenvalue weighted by atomic mass is 35.5. The molecule has 1 rings (SSSR count). The van der Waals surface area contributed by atoms with Crippen molar-refractivity contribution in [2.75, 3.05) is 13.1 Å². The third-order valence-corrected chi connectivity index (χ3v) is 2.67. The van der Waals surface area contributed by atoms with Crippen LogP contribution in [0.5, 0.6) is 0 Å². The first-order chi connectivity index (χ1) is 6.02. The minimum atomic E-state index is -0.383. The molecule has 1 aliphatic rings. The molecule has 5 heteroatoms. The quantitative estimate of drug-likeness (QED) is 0.687. The topological polar surface area (TPSA) is 72.3 Å². The van der Waals surface area contributed by atoms with Crippen LogP contribution in [0.4, 0.5) is 0 Å². The van der Waals surface area contributed by atoms with Gasteiger partial charge in [-0.25, -0.2) is 0 Å². The Balaban J connectivity index is 0.00000169. The first-order valence-electron chi connectivity index (χ1n) is 4.82. The van der Waals surface area contributed by atoms with Gasteiger partial charge in [-0.15, -0.1) is 12.4 Å². The van der Waals surface area contributed by atoms with Gasteiger partial charge in [-0.1, -0.05) is 0 Å². The molecule has 1 aliphatic heterocycles. The summed E-state index contributed by atoms with van der Waals surface area (Å²) in [6, 6.07) is -0.210. The lowest BCUT2D eigenvalue weighted by Gasteiger charge is -2.19. The number of nitrogens with zero attached hydrogens (tertiary/aromatic N) is 1. The van der Waals surface area contributed by atoms with Crippen LogP contribution in [0.1, 0.15) is 20.3 Å². The molecule has 0 aromatic carbocycles. The van der Waals surface area contributed by atoms with Crippen LogP contribution in [0, 0.1) is 5.92 Å². The van der Waals surface area contributed by atoms with Crippen LogP contribution >= 0.6 is 12.4 Å².